The van der Waals surface area contributed by atoms with E-state index in [1.807, 2.05) is 31.2 Å². The average Bonchev–Trinajstić information content (AvgIpc) is 2.67. The monoisotopic (exact) mass is 359 g/mol. The number of hydrogen-bond donors (Lipinski definition) is 2. The molecule has 2 aromatic carbocycles. The molecule has 2 aromatic rings. The third-order valence-corrected chi connectivity index (χ3v) is 3.86. The molecule has 2 N–H and O–H groups in total. The minimum Gasteiger partial charge on any atom is -0.493 e. The fourth-order valence-corrected chi connectivity index (χ4v) is 2.52. The van der Waals surface area contributed by atoms with Gasteiger partial charge in [0.05, 0.1) is 13.7 Å². The molecule has 0 spiro atoms. The minimum atomic E-state index is -0.182. The molecule has 140 valence electrons. The Hall–Kier alpha value is -2.76. The van der Waals surface area contributed by atoms with E-state index >= 15 is 0 Å². The number of hydrogen-bond acceptors (Lipinski definition) is 3. The molecular weight excluding hydrogens is 333 g/mol. The number of nitrogens with one attached hydrogen (secondary N) is 2. The number of halogens is 1. The van der Waals surface area contributed by atoms with E-state index in [0.29, 0.717) is 43.4 Å². The van der Waals surface area contributed by atoms with Crippen LogP contribution in [0.2, 0.25) is 0 Å². The molecule has 0 fully saturated rings. The van der Waals surface area contributed by atoms with Crippen molar-refractivity contribution in [1.29, 1.82) is 0 Å². The summed E-state index contributed by atoms with van der Waals surface area (Å²) in [6, 6.07) is 12.6. The molecule has 0 aliphatic carbocycles. The van der Waals surface area contributed by atoms with Crippen molar-refractivity contribution in [2.24, 2.45) is 4.99 Å². The zero-order chi connectivity index (χ0) is 18.8. The van der Waals surface area contributed by atoms with Gasteiger partial charge in [0.25, 0.3) is 0 Å². The molecule has 0 aromatic heterocycles. The quantitative estimate of drug-likeness (QED) is 0.562. The lowest BCUT2D eigenvalue weighted by molar-refractivity contribution is 0.310. The van der Waals surface area contributed by atoms with Crippen LogP contribution in [0.15, 0.2) is 47.5 Å². The Kier molecular flexibility index (Phi) is 7.74. The summed E-state index contributed by atoms with van der Waals surface area (Å²) in [5, 5.41) is 6.43. The second-order valence-corrected chi connectivity index (χ2v) is 5.61. The van der Waals surface area contributed by atoms with Crippen LogP contribution in [0.3, 0.4) is 0 Å². The van der Waals surface area contributed by atoms with E-state index in [4.69, 9.17) is 9.47 Å². The van der Waals surface area contributed by atoms with E-state index in [0.717, 1.165) is 11.3 Å². The second kappa shape index (κ2) is 10.3. The standard InChI is InChI=1S/C20H26FN3O2/c1-4-26-18-10-9-15(13-19(18)25-3)14-24-20(22-2)23-12-11-16-7-5-6-8-17(16)21/h5-10,13H,4,11-12,14H2,1-3H3,(H2,22,23,24). The van der Waals surface area contributed by atoms with E-state index in [9.17, 15) is 4.39 Å². The molecule has 0 aliphatic rings. The zero-order valence-electron chi connectivity index (χ0n) is 15.5. The lowest BCUT2D eigenvalue weighted by Gasteiger charge is -2.14. The Bertz CT molecular complexity index is 735. The predicted octanol–water partition coefficient (Wildman–Crippen LogP) is 3.14. The van der Waals surface area contributed by atoms with Gasteiger partial charge in [0, 0.05) is 20.1 Å². The first-order valence-electron chi connectivity index (χ1n) is 8.65. The van der Waals surface area contributed by atoms with E-state index in [1.165, 1.54) is 6.07 Å². The van der Waals surface area contributed by atoms with Gasteiger partial charge in [0.1, 0.15) is 5.82 Å². The van der Waals surface area contributed by atoms with Crippen molar-refractivity contribution >= 4 is 5.96 Å². The summed E-state index contributed by atoms with van der Waals surface area (Å²) in [4.78, 5) is 4.19. The van der Waals surface area contributed by atoms with Gasteiger partial charge in [-0.25, -0.2) is 4.39 Å². The molecule has 0 unspecified atom stereocenters. The van der Waals surface area contributed by atoms with Gasteiger partial charge >= 0.3 is 0 Å². The highest BCUT2D eigenvalue weighted by Gasteiger charge is 2.06. The Morgan fingerprint density at radius 3 is 2.62 bits per heavy atom. The number of aliphatic imine (C=N–C) groups is 1. The van der Waals surface area contributed by atoms with Crippen molar-refractivity contribution in [3.63, 3.8) is 0 Å². The van der Waals surface area contributed by atoms with Crippen molar-refractivity contribution in [3.05, 3.63) is 59.4 Å². The van der Waals surface area contributed by atoms with Crippen LogP contribution in [-0.4, -0.2) is 33.3 Å². The van der Waals surface area contributed by atoms with Gasteiger partial charge in [-0.15, -0.1) is 0 Å². The van der Waals surface area contributed by atoms with Gasteiger partial charge in [-0.2, -0.15) is 0 Å². The molecule has 0 amide bonds. The van der Waals surface area contributed by atoms with Gasteiger partial charge in [-0.1, -0.05) is 24.3 Å². The van der Waals surface area contributed by atoms with Gasteiger partial charge in [-0.3, -0.25) is 4.99 Å². The second-order valence-electron chi connectivity index (χ2n) is 5.61. The largest absolute Gasteiger partial charge is 0.493 e. The molecule has 2 rings (SSSR count). The minimum absolute atomic E-state index is 0.182. The lowest BCUT2D eigenvalue weighted by atomic mass is 10.1. The summed E-state index contributed by atoms with van der Waals surface area (Å²) < 4.78 is 24.5. The molecule has 0 saturated carbocycles. The van der Waals surface area contributed by atoms with Crippen molar-refractivity contribution in [3.8, 4) is 11.5 Å². The van der Waals surface area contributed by atoms with Crippen LogP contribution < -0.4 is 20.1 Å². The molecule has 26 heavy (non-hydrogen) atoms. The molecule has 0 radical (unpaired) electrons. The predicted molar refractivity (Wildman–Crippen MR) is 102 cm³/mol. The molecular formula is C20H26FN3O2. The molecule has 0 heterocycles. The third-order valence-electron chi connectivity index (χ3n) is 3.86. The normalized spacial score (nSPS) is 11.2. The Labute approximate surface area is 154 Å². The number of rotatable bonds is 8. The topological polar surface area (TPSA) is 54.9 Å². The molecule has 6 heteroatoms. The van der Waals surface area contributed by atoms with Crippen molar-refractivity contribution in [2.45, 2.75) is 19.9 Å². The highest BCUT2D eigenvalue weighted by atomic mass is 19.1. The first-order valence-corrected chi connectivity index (χ1v) is 8.65. The Morgan fingerprint density at radius 2 is 1.92 bits per heavy atom. The Morgan fingerprint density at radius 1 is 1.12 bits per heavy atom. The number of guanidine groups is 1. The number of nitrogens with zero attached hydrogens (tertiary/aromatic N) is 1. The molecule has 0 saturated heterocycles. The maximum atomic E-state index is 13.6. The molecule has 5 nitrogen and oxygen atoms in total. The van der Waals surface area contributed by atoms with Gasteiger partial charge < -0.3 is 20.1 Å². The smallest absolute Gasteiger partial charge is 0.191 e. The van der Waals surface area contributed by atoms with Crippen LogP contribution in [0.5, 0.6) is 11.5 Å². The number of benzene rings is 2. The number of methoxy groups -OCH3 is 1. The maximum absolute atomic E-state index is 13.6. The highest BCUT2D eigenvalue weighted by molar-refractivity contribution is 5.79. The number of ether oxygens (including phenoxy) is 2. The van der Waals surface area contributed by atoms with E-state index in [-0.39, 0.29) is 5.82 Å². The summed E-state index contributed by atoms with van der Waals surface area (Å²) >= 11 is 0. The zero-order valence-corrected chi connectivity index (χ0v) is 15.5. The van der Waals surface area contributed by atoms with Crippen LogP contribution in [-0.2, 0) is 13.0 Å². The van der Waals surface area contributed by atoms with Gasteiger partial charge in [0.15, 0.2) is 17.5 Å². The molecule has 0 bridgehead atoms. The summed E-state index contributed by atoms with van der Waals surface area (Å²) in [5.74, 6) is 1.91. The lowest BCUT2D eigenvalue weighted by Crippen LogP contribution is -2.37. The SMILES string of the molecule is CCOc1ccc(CNC(=NC)NCCc2ccccc2F)cc1OC. The van der Waals surface area contributed by atoms with Crippen LogP contribution in [0, 0.1) is 5.82 Å². The van der Waals surface area contributed by atoms with E-state index < -0.39 is 0 Å². The maximum Gasteiger partial charge on any atom is 0.191 e. The van der Waals surface area contributed by atoms with Crippen molar-refractivity contribution in [2.75, 3.05) is 27.3 Å². The molecule has 0 atom stereocenters. The fraction of sp³-hybridized carbons (Fsp3) is 0.350. The summed E-state index contributed by atoms with van der Waals surface area (Å²) in [5.41, 5.74) is 1.73. The van der Waals surface area contributed by atoms with Crippen LogP contribution in [0.1, 0.15) is 18.1 Å². The first-order chi connectivity index (χ1) is 12.7. The van der Waals surface area contributed by atoms with E-state index in [1.54, 1.807) is 26.3 Å². The van der Waals surface area contributed by atoms with Gasteiger partial charge in [-0.05, 0) is 42.7 Å². The van der Waals surface area contributed by atoms with Gasteiger partial charge in [0.2, 0.25) is 0 Å². The summed E-state index contributed by atoms with van der Waals surface area (Å²) in [7, 11) is 3.33. The fourth-order valence-electron chi connectivity index (χ4n) is 2.52. The highest BCUT2D eigenvalue weighted by Crippen LogP contribution is 2.27. The summed E-state index contributed by atoms with van der Waals surface area (Å²) in [6.45, 7) is 3.70. The van der Waals surface area contributed by atoms with Crippen LogP contribution >= 0.6 is 0 Å². The Balaban J connectivity index is 1.86. The van der Waals surface area contributed by atoms with Crippen molar-refractivity contribution < 1.29 is 13.9 Å². The average molecular weight is 359 g/mol. The van der Waals surface area contributed by atoms with Crippen LogP contribution in [0.4, 0.5) is 4.39 Å². The molecule has 0 aliphatic heterocycles. The summed E-state index contributed by atoms with van der Waals surface area (Å²) in [6.07, 6.45) is 0.588. The third kappa shape index (κ3) is 5.65. The van der Waals surface area contributed by atoms with Crippen molar-refractivity contribution in [1.82, 2.24) is 10.6 Å². The van der Waals surface area contributed by atoms with Crippen LogP contribution in [0.25, 0.3) is 0 Å². The van der Waals surface area contributed by atoms with E-state index in [2.05, 4.69) is 15.6 Å². The first kappa shape index (κ1) is 19.6.